The first-order chi connectivity index (χ1) is 8.88. The Labute approximate surface area is 115 Å². The molecule has 0 aromatic heterocycles. The number of hydrogen-bond acceptors (Lipinski definition) is 3. The molecule has 1 aromatic carbocycles. The largest absolute Gasteiger partial charge is 0.396 e. The number of amides is 1. The van der Waals surface area contributed by atoms with Crippen molar-refractivity contribution in [3.8, 4) is 0 Å². The molecule has 6 heteroatoms. The fourth-order valence-electron chi connectivity index (χ4n) is 2.28. The minimum Gasteiger partial charge on any atom is -0.396 e. The van der Waals surface area contributed by atoms with Crippen LogP contribution in [0.3, 0.4) is 0 Å². The van der Waals surface area contributed by atoms with Crippen LogP contribution in [0.1, 0.15) is 24.2 Å². The average molecular weight is 286 g/mol. The molecule has 104 valence electrons. The molecule has 0 bridgehead atoms. The van der Waals surface area contributed by atoms with Gasteiger partial charge in [0.05, 0.1) is 11.3 Å². The summed E-state index contributed by atoms with van der Waals surface area (Å²) in [6.45, 7) is 5.08. The van der Waals surface area contributed by atoms with Crippen LogP contribution in [0, 0.1) is 11.6 Å². The van der Waals surface area contributed by atoms with Crippen molar-refractivity contribution in [1.29, 1.82) is 0 Å². The van der Waals surface area contributed by atoms with E-state index < -0.39 is 17.5 Å². The third kappa shape index (κ3) is 3.00. The Morgan fingerprint density at radius 2 is 1.89 bits per heavy atom. The summed E-state index contributed by atoms with van der Waals surface area (Å²) >= 11 is 1.78. The lowest BCUT2D eigenvalue weighted by Gasteiger charge is -2.34. The van der Waals surface area contributed by atoms with Crippen LogP contribution in [0.25, 0.3) is 0 Å². The van der Waals surface area contributed by atoms with Gasteiger partial charge >= 0.3 is 0 Å². The van der Waals surface area contributed by atoms with E-state index in [1.54, 1.807) is 16.7 Å². The van der Waals surface area contributed by atoms with Gasteiger partial charge in [0, 0.05) is 23.6 Å². The molecule has 1 amide bonds. The lowest BCUT2D eigenvalue weighted by molar-refractivity contribution is 0.0748. The van der Waals surface area contributed by atoms with Gasteiger partial charge in [0.2, 0.25) is 0 Å². The van der Waals surface area contributed by atoms with Crippen LogP contribution in [0.5, 0.6) is 0 Å². The highest BCUT2D eigenvalue weighted by molar-refractivity contribution is 8.00. The SMILES string of the molecule is CC1CN(C(=O)c2cc(F)cc(N)c2F)CC(C)S1. The summed E-state index contributed by atoms with van der Waals surface area (Å²) < 4.78 is 27.1. The summed E-state index contributed by atoms with van der Waals surface area (Å²) in [6, 6.07) is 1.79. The second kappa shape index (κ2) is 5.36. The van der Waals surface area contributed by atoms with Gasteiger partial charge in [0.1, 0.15) is 5.82 Å². The summed E-state index contributed by atoms with van der Waals surface area (Å²) in [6.07, 6.45) is 0. The maximum absolute atomic E-state index is 13.8. The molecule has 1 heterocycles. The number of benzene rings is 1. The normalized spacial score (nSPS) is 23.5. The number of halogens is 2. The third-order valence-corrected chi connectivity index (χ3v) is 4.23. The summed E-state index contributed by atoms with van der Waals surface area (Å²) in [5.41, 5.74) is 4.73. The van der Waals surface area contributed by atoms with E-state index in [1.807, 2.05) is 13.8 Å². The van der Waals surface area contributed by atoms with Gasteiger partial charge < -0.3 is 10.6 Å². The maximum Gasteiger partial charge on any atom is 0.257 e. The van der Waals surface area contributed by atoms with E-state index in [-0.39, 0.29) is 21.8 Å². The number of thioether (sulfide) groups is 1. The fraction of sp³-hybridized carbons (Fsp3) is 0.462. The van der Waals surface area contributed by atoms with Crippen LogP contribution in [0.15, 0.2) is 12.1 Å². The van der Waals surface area contributed by atoms with Crippen LogP contribution in [0.4, 0.5) is 14.5 Å². The van der Waals surface area contributed by atoms with Gasteiger partial charge in [-0.05, 0) is 12.1 Å². The molecule has 0 radical (unpaired) electrons. The van der Waals surface area contributed by atoms with Crippen molar-refractivity contribution in [3.05, 3.63) is 29.3 Å². The molecule has 1 fully saturated rings. The number of rotatable bonds is 1. The molecular weight excluding hydrogens is 270 g/mol. The molecular formula is C13H16F2N2OS. The minimum atomic E-state index is -0.843. The Morgan fingerprint density at radius 3 is 2.47 bits per heavy atom. The fourth-order valence-corrected chi connectivity index (χ4v) is 3.61. The van der Waals surface area contributed by atoms with Gasteiger partial charge in [-0.25, -0.2) is 8.78 Å². The monoisotopic (exact) mass is 286 g/mol. The van der Waals surface area contributed by atoms with Gasteiger partial charge in [-0.1, -0.05) is 13.8 Å². The van der Waals surface area contributed by atoms with Gasteiger partial charge in [-0.2, -0.15) is 11.8 Å². The molecule has 1 aliphatic rings. The summed E-state index contributed by atoms with van der Waals surface area (Å²) in [4.78, 5) is 13.8. The first-order valence-electron chi connectivity index (χ1n) is 6.07. The highest BCUT2D eigenvalue weighted by Gasteiger charge is 2.28. The molecule has 2 unspecified atom stereocenters. The average Bonchev–Trinajstić information content (AvgIpc) is 2.31. The molecule has 0 aliphatic carbocycles. The van der Waals surface area contributed by atoms with E-state index in [9.17, 15) is 13.6 Å². The zero-order valence-corrected chi connectivity index (χ0v) is 11.6. The van der Waals surface area contributed by atoms with Crippen LogP contribution < -0.4 is 5.73 Å². The zero-order chi connectivity index (χ0) is 14.2. The molecule has 0 spiro atoms. The molecule has 1 aromatic rings. The quantitative estimate of drug-likeness (QED) is 0.807. The van der Waals surface area contributed by atoms with Gasteiger partial charge in [-0.15, -0.1) is 0 Å². The molecule has 19 heavy (non-hydrogen) atoms. The van der Waals surface area contributed by atoms with Crippen molar-refractivity contribution >= 4 is 23.4 Å². The topological polar surface area (TPSA) is 46.3 Å². The second-order valence-corrected chi connectivity index (χ2v) is 6.71. The Balaban J connectivity index is 2.29. The number of hydrogen-bond donors (Lipinski definition) is 1. The number of nitrogen functional groups attached to an aromatic ring is 1. The number of carbonyl (C=O) groups is 1. The Morgan fingerprint density at radius 1 is 1.32 bits per heavy atom. The van der Waals surface area contributed by atoms with Gasteiger partial charge in [-0.3, -0.25) is 4.79 Å². The van der Waals surface area contributed by atoms with Crippen molar-refractivity contribution < 1.29 is 13.6 Å². The van der Waals surface area contributed by atoms with Crippen LogP contribution in [-0.2, 0) is 0 Å². The molecule has 1 saturated heterocycles. The number of nitrogens with zero attached hydrogens (tertiary/aromatic N) is 1. The van der Waals surface area contributed by atoms with Crippen molar-refractivity contribution in [2.45, 2.75) is 24.3 Å². The summed E-state index contributed by atoms with van der Waals surface area (Å²) in [7, 11) is 0. The predicted molar refractivity (Wildman–Crippen MR) is 73.2 cm³/mol. The van der Waals surface area contributed by atoms with Crippen molar-refractivity contribution in [2.24, 2.45) is 0 Å². The minimum absolute atomic E-state index is 0.279. The third-order valence-electron chi connectivity index (χ3n) is 3.00. The maximum atomic E-state index is 13.8. The summed E-state index contributed by atoms with van der Waals surface area (Å²) in [5, 5.41) is 0.559. The Bertz CT molecular complexity index is 500. The predicted octanol–water partition coefficient (Wildman–Crippen LogP) is 2.51. The highest BCUT2D eigenvalue weighted by Crippen LogP contribution is 2.27. The summed E-state index contributed by atoms with van der Waals surface area (Å²) in [5.74, 6) is -2.04. The van der Waals surface area contributed by atoms with E-state index in [2.05, 4.69) is 0 Å². The molecule has 1 aliphatic heterocycles. The smallest absolute Gasteiger partial charge is 0.257 e. The van der Waals surface area contributed by atoms with Crippen LogP contribution in [-0.4, -0.2) is 34.4 Å². The lowest BCUT2D eigenvalue weighted by atomic mass is 10.1. The standard InChI is InChI=1S/C13H16F2N2OS/c1-7-5-17(6-8(2)19-7)13(18)10-3-9(14)4-11(16)12(10)15/h3-4,7-8H,5-6,16H2,1-2H3. The zero-order valence-electron chi connectivity index (χ0n) is 10.8. The van der Waals surface area contributed by atoms with Gasteiger partial charge in [0.15, 0.2) is 5.82 Å². The van der Waals surface area contributed by atoms with Crippen molar-refractivity contribution in [2.75, 3.05) is 18.8 Å². The van der Waals surface area contributed by atoms with Gasteiger partial charge in [0.25, 0.3) is 5.91 Å². The van der Waals surface area contributed by atoms with Crippen molar-refractivity contribution in [1.82, 2.24) is 4.90 Å². The second-order valence-electron chi connectivity index (χ2n) is 4.82. The molecule has 2 atom stereocenters. The van der Waals surface area contributed by atoms with Crippen LogP contribution in [0.2, 0.25) is 0 Å². The highest BCUT2D eigenvalue weighted by atomic mass is 32.2. The van der Waals surface area contributed by atoms with E-state index in [1.165, 1.54) is 0 Å². The van der Waals surface area contributed by atoms with E-state index >= 15 is 0 Å². The molecule has 0 saturated carbocycles. The van der Waals surface area contributed by atoms with Crippen LogP contribution >= 0.6 is 11.8 Å². The molecule has 2 N–H and O–H groups in total. The first-order valence-corrected chi connectivity index (χ1v) is 7.02. The number of nitrogens with two attached hydrogens (primary N) is 1. The van der Waals surface area contributed by atoms with E-state index in [0.717, 1.165) is 12.1 Å². The molecule has 3 nitrogen and oxygen atoms in total. The van der Waals surface area contributed by atoms with E-state index in [0.29, 0.717) is 13.1 Å². The lowest BCUT2D eigenvalue weighted by Crippen LogP contribution is -2.44. The molecule has 2 rings (SSSR count). The first kappa shape index (κ1) is 14.1. The van der Waals surface area contributed by atoms with Crippen molar-refractivity contribution in [3.63, 3.8) is 0 Å². The Hall–Kier alpha value is -1.30. The van der Waals surface area contributed by atoms with E-state index in [4.69, 9.17) is 5.73 Å². The number of carbonyl (C=O) groups excluding carboxylic acids is 1. The Kier molecular flexibility index (Phi) is 3.99. The number of anilines is 1.